The molecule has 0 aliphatic heterocycles. The van der Waals surface area contributed by atoms with Crippen LogP contribution < -0.4 is 4.31 Å². The van der Waals surface area contributed by atoms with Crippen molar-refractivity contribution in [3.63, 3.8) is 0 Å². The predicted molar refractivity (Wildman–Crippen MR) is 128 cm³/mol. The van der Waals surface area contributed by atoms with Gasteiger partial charge in [-0.15, -0.1) is 0 Å². The number of rotatable bonds is 6. The Balaban J connectivity index is 1.78. The molecule has 1 unspecified atom stereocenters. The fourth-order valence-corrected chi connectivity index (χ4v) is 5.42. The van der Waals surface area contributed by atoms with E-state index in [1.165, 1.54) is 34.8 Å². The third-order valence-corrected chi connectivity index (χ3v) is 7.21. The van der Waals surface area contributed by atoms with Gasteiger partial charge in [-0.05, 0) is 53.4 Å². The predicted octanol–water partition coefficient (Wildman–Crippen LogP) is 5.96. The number of benzene rings is 2. The normalized spacial score (nSPS) is 12.1. The SMILES string of the molecule is Cn1ccc2cc(CN(c3ncc(Cl)cc3Cl)S(=O)c3ccc(C(=O)O)cc3Cl)ccc21. The van der Waals surface area contributed by atoms with Crippen molar-refractivity contribution < 1.29 is 14.1 Å². The van der Waals surface area contributed by atoms with Crippen molar-refractivity contribution in [2.45, 2.75) is 11.4 Å². The van der Waals surface area contributed by atoms with Gasteiger partial charge in [-0.2, -0.15) is 0 Å². The lowest BCUT2D eigenvalue weighted by Gasteiger charge is -2.24. The van der Waals surface area contributed by atoms with Crippen molar-refractivity contribution in [2.75, 3.05) is 4.31 Å². The summed E-state index contributed by atoms with van der Waals surface area (Å²) in [4.78, 5) is 15.8. The Morgan fingerprint density at radius 3 is 2.56 bits per heavy atom. The van der Waals surface area contributed by atoms with Crippen LogP contribution in [0.1, 0.15) is 15.9 Å². The van der Waals surface area contributed by atoms with Crippen LogP contribution in [0.2, 0.25) is 15.1 Å². The molecular formula is C22H16Cl3N3O3S. The molecule has 0 saturated carbocycles. The van der Waals surface area contributed by atoms with Crippen LogP contribution in [0.25, 0.3) is 10.9 Å². The van der Waals surface area contributed by atoms with Crippen LogP contribution in [0.15, 0.2) is 65.8 Å². The van der Waals surface area contributed by atoms with Gasteiger partial charge in [0.05, 0.1) is 32.1 Å². The van der Waals surface area contributed by atoms with Gasteiger partial charge in [0.2, 0.25) is 0 Å². The smallest absolute Gasteiger partial charge is 0.335 e. The van der Waals surface area contributed by atoms with Crippen LogP contribution in [0, 0.1) is 0 Å². The number of pyridine rings is 1. The zero-order valence-electron chi connectivity index (χ0n) is 16.6. The third-order valence-electron chi connectivity index (χ3n) is 4.87. The lowest BCUT2D eigenvalue weighted by Crippen LogP contribution is -2.27. The summed E-state index contributed by atoms with van der Waals surface area (Å²) in [5.74, 6) is -0.861. The third kappa shape index (κ3) is 4.47. The highest BCUT2D eigenvalue weighted by Gasteiger charge is 2.24. The molecule has 164 valence electrons. The highest BCUT2D eigenvalue weighted by molar-refractivity contribution is 7.86. The van der Waals surface area contributed by atoms with Crippen LogP contribution in [0.5, 0.6) is 0 Å². The molecule has 32 heavy (non-hydrogen) atoms. The summed E-state index contributed by atoms with van der Waals surface area (Å²) in [6, 6.07) is 13.5. The number of carboxylic acids is 1. The lowest BCUT2D eigenvalue weighted by atomic mass is 10.1. The maximum absolute atomic E-state index is 13.6. The molecular weight excluding hydrogens is 493 g/mol. The molecule has 2 aromatic carbocycles. The van der Waals surface area contributed by atoms with E-state index in [0.717, 1.165) is 16.5 Å². The highest BCUT2D eigenvalue weighted by Crippen LogP contribution is 2.33. The van der Waals surface area contributed by atoms with Crippen molar-refractivity contribution in [2.24, 2.45) is 7.05 Å². The fraction of sp³-hybridized carbons (Fsp3) is 0.0909. The number of fused-ring (bicyclic) bond motifs is 1. The maximum atomic E-state index is 13.6. The van der Waals surface area contributed by atoms with Crippen LogP contribution in [0.4, 0.5) is 5.82 Å². The van der Waals surface area contributed by atoms with Gasteiger partial charge in [-0.25, -0.2) is 14.0 Å². The maximum Gasteiger partial charge on any atom is 0.335 e. The molecule has 10 heteroatoms. The Morgan fingerprint density at radius 2 is 1.88 bits per heavy atom. The first-order valence-corrected chi connectivity index (χ1v) is 11.6. The summed E-state index contributed by atoms with van der Waals surface area (Å²) in [6.45, 7) is 0.211. The fourth-order valence-electron chi connectivity index (χ4n) is 3.29. The van der Waals surface area contributed by atoms with Crippen molar-refractivity contribution in [3.8, 4) is 0 Å². The van der Waals surface area contributed by atoms with Gasteiger partial charge in [0.15, 0.2) is 16.8 Å². The molecule has 0 fully saturated rings. The van der Waals surface area contributed by atoms with E-state index >= 15 is 0 Å². The Morgan fingerprint density at radius 1 is 1.09 bits per heavy atom. The molecule has 0 bridgehead atoms. The summed E-state index contributed by atoms with van der Waals surface area (Å²) < 4.78 is 17.1. The number of aromatic carboxylic acids is 1. The highest BCUT2D eigenvalue weighted by atomic mass is 35.5. The van der Waals surface area contributed by atoms with Gasteiger partial charge >= 0.3 is 5.97 Å². The van der Waals surface area contributed by atoms with Gasteiger partial charge in [0, 0.05) is 25.0 Å². The molecule has 4 rings (SSSR count). The largest absolute Gasteiger partial charge is 0.478 e. The molecule has 0 aliphatic carbocycles. The average Bonchev–Trinajstić information content (AvgIpc) is 3.12. The summed E-state index contributed by atoms with van der Waals surface area (Å²) >= 11 is 18.7. The van der Waals surface area contributed by atoms with E-state index in [9.17, 15) is 14.1 Å². The zero-order chi connectivity index (χ0) is 23.0. The first kappa shape index (κ1) is 22.6. The molecule has 4 aromatic rings. The average molecular weight is 509 g/mol. The van der Waals surface area contributed by atoms with Crippen LogP contribution in [-0.2, 0) is 24.6 Å². The Hall–Kier alpha value is -2.58. The minimum Gasteiger partial charge on any atom is -0.478 e. The minimum absolute atomic E-state index is 0.000482. The first-order chi connectivity index (χ1) is 15.2. The molecule has 2 heterocycles. The minimum atomic E-state index is -1.84. The van der Waals surface area contributed by atoms with Gasteiger partial charge in [-0.3, -0.25) is 4.31 Å². The summed E-state index contributed by atoms with van der Waals surface area (Å²) in [5.41, 5.74) is 1.94. The van der Waals surface area contributed by atoms with E-state index in [1.54, 1.807) is 0 Å². The summed E-state index contributed by atoms with van der Waals surface area (Å²) in [6.07, 6.45) is 3.38. The number of carboxylic acid groups (broad SMARTS) is 1. The number of halogens is 3. The van der Waals surface area contributed by atoms with Crippen LogP contribution in [0.3, 0.4) is 0 Å². The Bertz CT molecular complexity index is 1370. The molecule has 0 aliphatic rings. The van der Waals surface area contributed by atoms with E-state index < -0.39 is 17.0 Å². The Labute approximate surface area is 201 Å². The molecule has 6 nitrogen and oxygen atoms in total. The lowest BCUT2D eigenvalue weighted by molar-refractivity contribution is 0.0697. The Kier molecular flexibility index (Phi) is 6.44. The van der Waals surface area contributed by atoms with Crippen LogP contribution >= 0.6 is 34.8 Å². The van der Waals surface area contributed by atoms with Crippen molar-refractivity contribution in [1.82, 2.24) is 9.55 Å². The van der Waals surface area contributed by atoms with E-state index in [-0.39, 0.29) is 32.9 Å². The van der Waals surface area contributed by atoms with E-state index in [0.29, 0.717) is 5.02 Å². The number of nitrogens with zero attached hydrogens (tertiary/aromatic N) is 3. The van der Waals surface area contributed by atoms with Gasteiger partial charge in [0.1, 0.15) is 0 Å². The molecule has 0 saturated heterocycles. The van der Waals surface area contributed by atoms with Gasteiger partial charge < -0.3 is 9.67 Å². The molecule has 2 aromatic heterocycles. The van der Waals surface area contributed by atoms with E-state index in [1.807, 2.05) is 42.1 Å². The number of hydrogen-bond donors (Lipinski definition) is 1. The topological polar surface area (TPSA) is 75.4 Å². The molecule has 0 spiro atoms. The number of hydrogen-bond acceptors (Lipinski definition) is 3. The number of aryl methyl sites for hydroxylation is 1. The summed E-state index contributed by atoms with van der Waals surface area (Å²) in [5, 5.41) is 10.9. The number of anilines is 1. The van der Waals surface area contributed by atoms with Gasteiger partial charge in [-0.1, -0.05) is 40.9 Å². The van der Waals surface area contributed by atoms with Crippen LogP contribution in [-0.4, -0.2) is 24.8 Å². The molecule has 1 atom stereocenters. The second-order valence-electron chi connectivity index (χ2n) is 7.01. The molecule has 0 amide bonds. The monoisotopic (exact) mass is 507 g/mol. The molecule has 0 radical (unpaired) electrons. The van der Waals surface area contributed by atoms with Crippen molar-refractivity contribution >= 4 is 68.5 Å². The summed E-state index contributed by atoms with van der Waals surface area (Å²) in [7, 11) is 0.124. The zero-order valence-corrected chi connectivity index (χ0v) is 19.7. The number of aromatic nitrogens is 2. The van der Waals surface area contributed by atoms with E-state index in [4.69, 9.17) is 34.8 Å². The number of carbonyl (C=O) groups is 1. The standard InChI is InChI=1S/C22H16Cl3N3O3S/c1-27-7-6-14-8-13(2-4-19(14)27)12-28(21-18(25)10-16(23)11-26-21)32(31)20-5-3-15(22(29)30)9-17(20)24/h2-11H,12H2,1H3,(H,29,30). The first-order valence-electron chi connectivity index (χ1n) is 9.32. The quantitative estimate of drug-likeness (QED) is 0.349. The van der Waals surface area contributed by atoms with Crippen molar-refractivity contribution in [1.29, 1.82) is 0 Å². The van der Waals surface area contributed by atoms with Gasteiger partial charge in [0.25, 0.3) is 0 Å². The van der Waals surface area contributed by atoms with E-state index in [2.05, 4.69) is 4.98 Å². The second kappa shape index (κ2) is 9.11. The van der Waals surface area contributed by atoms with Crippen molar-refractivity contribution in [3.05, 3.63) is 87.1 Å². The second-order valence-corrected chi connectivity index (χ2v) is 9.64. The molecule has 1 N–H and O–H groups in total.